The van der Waals surface area contributed by atoms with Crippen molar-refractivity contribution < 1.29 is 4.42 Å². The molecule has 0 fully saturated rings. The van der Waals surface area contributed by atoms with Crippen LogP contribution in [0.4, 0.5) is 17.1 Å². The van der Waals surface area contributed by atoms with Crippen molar-refractivity contribution in [3.05, 3.63) is 222 Å². The zero-order valence-electron chi connectivity index (χ0n) is 29.9. The maximum Gasteiger partial charge on any atom is 0.159 e. The second kappa shape index (κ2) is 11.4. The van der Waals surface area contributed by atoms with E-state index in [9.17, 15) is 0 Å². The van der Waals surface area contributed by atoms with E-state index in [-0.39, 0.29) is 0 Å². The fraction of sp³-hybridized carbons (Fsp3) is 0.0189. The Bertz CT molecular complexity index is 3160. The summed E-state index contributed by atoms with van der Waals surface area (Å²) in [7, 11) is 0. The first-order valence-corrected chi connectivity index (χ1v) is 19.0. The molecule has 0 amide bonds. The minimum Gasteiger partial charge on any atom is -0.454 e. The molecule has 1 spiro atoms. The van der Waals surface area contributed by atoms with Gasteiger partial charge in [0.05, 0.1) is 11.1 Å². The minimum atomic E-state index is -0.592. The maximum absolute atomic E-state index is 6.71. The molecule has 0 aliphatic heterocycles. The molecule has 55 heavy (non-hydrogen) atoms. The standard InChI is InChI=1S/C53H33NO/c1-3-15-34(16-4-1)38-31-29-35-17-13-23-43-40-21-8-11-26-46(40)53(51(38)50(35)43)45-25-10-7-20-39(45)41-32-30-37(33-47(41)53)54(36-18-5-2-6-19-36)48-27-14-24-44-42-22-9-12-28-49(42)55-52(44)48/h1-33H. The molecule has 0 bridgehead atoms. The van der Waals surface area contributed by atoms with E-state index in [2.05, 4.69) is 199 Å². The van der Waals surface area contributed by atoms with Crippen LogP contribution in [0.1, 0.15) is 22.3 Å². The van der Waals surface area contributed by atoms with Gasteiger partial charge < -0.3 is 9.32 Å². The summed E-state index contributed by atoms with van der Waals surface area (Å²) in [6.45, 7) is 0. The van der Waals surface area contributed by atoms with Gasteiger partial charge in [-0.05, 0) is 103 Å². The van der Waals surface area contributed by atoms with Crippen molar-refractivity contribution >= 4 is 49.8 Å². The molecule has 2 heteroatoms. The zero-order valence-corrected chi connectivity index (χ0v) is 29.9. The van der Waals surface area contributed by atoms with E-state index in [0.717, 1.165) is 39.0 Å². The van der Waals surface area contributed by atoms with E-state index < -0.39 is 5.41 Å². The molecule has 9 aromatic carbocycles. The second-order valence-corrected chi connectivity index (χ2v) is 14.8. The normalized spacial score (nSPS) is 15.0. The van der Waals surface area contributed by atoms with E-state index in [1.807, 2.05) is 6.07 Å². The number of fused-ring (bicyclic) bond motifs is 12. The van der Waals surface area contributed by atoms with E-state index in [1.54, 1.807) is 0 Å². The van der Waals surface area contributed by atoms with E-state index >= 15 is 0 Å². The van der Waals surface area contributed by atoms with Crippen molar-refractivity contribution in [1.82, 2.24) is 0 Å². The second-order valence-electron chi connectivity index (χ2n) is 14.8. The van der Waals surface area contributed by atoms with E-state index in [4.69, 9.17) is 4.42 Å². The highest BCUT2D eigenvalue weighted by atomic mass is 16.3. The quantitative estimate of drug-likeness (QED) is 0.182. The molecule has 0 N–H and O–H groups in total. The largest absolute Gasteiger partial charge is 0.454 e. The van der Waals surface area contributed by atoms with Crippen LogP contribution in [0.5, 0.6) is 0 Å². The highest BCUT2D eigenvalue weighted by molar-refractivity contribution is 6.12. The van der Waals surface area contributed by atoms with E-state index in [1.165, 1.54) is 66.4 Å². The Hall–Kier alpha value is -7.16. The molecule has 2 aliphatic rings. The summed E-state index contributed by atoms with van der Waals surface area (Å²) in [5.74, 6) is 0. The third kappa shape index (κ3) is 4.08. The Balaban J connectivity index is 1.22. The Kier molecular flexibility index (Phi) is 6.29. The number of para-hydroxylation sites is 3. The lowest BCUT2D eigenvalue weighted by molar-refractivity contribution is 0.669. The van der Waals surface area contributed by atoms with Crippen molar-refractivity contribution in [2.45, 2.75) is 5.41 Å². The van der Waals surface area contributed by atoms with Crippen LogP contribution in [0.2, 0.25) is 0 Å². The van der Waals surface area contributed by atoms with Crippen molar-refractivity contribution in [1.29, 1.82) is 0 Å². The number of nitrogens with zero attached hydrogens (tertiary/aromatic N) is 1. The number of anilines is 3. The van der Waals surface area contributed by atoms with Gasteiger partial charge in [-0.1, -0.05) is 164 Å². The number of hydrogen-bond donors (Lipinski definition) is 0. The Morgan fingerprint density at radius 3 is 1.84 bits per heavy atom. The molecular formula is C53H33NO. The van der Waals surface area contributed by atoms with Gasteiger partial charge in [0.1, 0.15) is 5.58 Å². The van der Waals surface area contributed by atoms with Gasteiger partial charge in [0.25, 0.3) is 0 Å². The molecule has 1 unspecified atom stereocenters. The summed E-state index contributed by atoms with van der Waals surface area (Å²) >= 11 is 0. The summed E-state index contributed by atoms with van der Waals surface area (Å²) < 4.78 is 6.71. The molecule has 12 rings (SSSR count). The van der Waals surface area contributed by atoms with Gasteiger partial charge in [0.2, 0.25) is 0 Å². The van der Waals surface area contributed by atoms with Gasteiger partial charge in [-0.25, -0.2) is 0 Å². The summed E-state index contributed by atoms with van der Waals surface area (Å²) in [6.07, 6.45) is 0. The van der Waals surface area contributed by atoms with Gasteiger partial charge >= 0.3 is 0 Å². The third-order valence-corrected chi connectivity index (χ3v) is 12.1. The fourth-order valence-corrected chi connectivity index (χ4v) is 9.91. The summed E-state index contributed by atoms with van der Waals surface area (Å²) in [4.78, 5) is 2.38. The van der Waals surface area contributed by atoms with Crippen molar-refractivity contribution in [2.24, 2.45) is 0 Å². The lowest BCUT2D eigenvalue weighted by Gasteiger charge is -2.41. The van der Waals surface area contributed by atoms with Crippen molar-refractivity contribution in [3.8, 4) is 33.4 Å². The first kappa shape index (κ1) is 30.3. The number of rotatable bonds is 4. The molecule has 2 aliphatic carbocycles. The van der Waals surface area contributed by atoms with Crippen LogP contribution in [-0.4, -0.2) is 0 Å². The lowest BCUT2D eigenvalue weighted by atomic mass is 9.60. The van der Waals surface area contributed by atoms with E-state index in [0.29, 0.717) is 0 Å². The molecule has 0 saturated heterocycles. The molecule has 10 aromatic rings. The van der Waals surface area contributed by atoms with Gasteiger partial charge in [0, 0.05) is 22.1 Å². The average Bonchev–Trinajstić information content (AvgIpc) is 3.78. The average molecular weight is 700 g/mol. The summed E-state index contributed by atoms with van der Waals surface area (Å²) in [5, 5.41) is 4.80. The van der Waals surface area contributed by atoms with Crippen LogP contribution < -0.4 is 4.90 Å². The Morgan fingerprint density at radius 2 is 1.02 bits per heavy atom. The minimum absolute atomic E-state index is 0.592. The topological polar surface area (TPSA) is 16.4 Å². The Morgan fingerprint density at radius 1 is 0.400 bits per heavy atom. The number of benzene rings is 9. The summed E-state index contributed by atoms with van der Waals surface area (Å²) in [6, 6.07) is 73.3. The SMILES string of the molecule is c1ccc(-c2ccc3cccc4c3c2C2(c3ccccc3-c3ccc(N(c5ccccc5)c5cccc6c5oc5ccccc56)cc32)c2ccccc2-4)cc1. The highest BCUT2D eigenvalue weighted by Crippen LogP contribution is 2.64. The zero-order chi connectivity index (χ0) is 36.1. The van der Waals surface area contributed by atoms with Crippen molar-refractivity contribution in [3.63, 3.8) is 0 Å². The summed E-state index contributed by atoms with van der Waals surface area (Å²) in [5.41, 5.74) is 17.2. The predicted octanol–water partition coefficient (Wildman–Crippen LogP) is 14.2. The molecular weight excluding hydrogens is 667 g/mol. The lowest BCUT2D eigenvalue weighted by Crippen LogP contribution is -2.32. The Labute approximate surface area is 319 Å². The molecule has 0 radical (unpaired) electrons. The molecule has 0 saturated carbocycles. The van der Waals surface area contributed by atoms with Gasteiger partial charge in [-0.15, -0.1) is 0 Å². The van der Waals surface area contributed by atoms with Crippen LogP contribution >= 0.6 is 0 Å². The van der Waals surface area contributed by atoms with Gasteiger partial charge in [0.15, 0.2) is 5.58 Å². The maximum atomic E-state index is 6.71. The number of furan rings is 1. The third-order valence-electron chi connectivity index (χ3n) is 12.1. The van der Waals surface area contributed by atoms with Crippen LogP contribution in [0.15, 0.2) is 205 Å². The molecule has 1 atom stereocenters. The van der Waals surface area contributed by atoms with Crippen LogP contribution in [0, 0.1) is 0 Å². The molecule has 2 nitrogen and oxygen atoms in total. The first-order chi connectivity index (χ1) is 27.3. The van der Waals surface area contributed by atoms with Gasteiger partial charge in [-0.3, -0.25) is 0 Å². The highest BCUT2D eigenvalue weighted by Gasteiger charge is 2.51. The van der Waals surface area contributed by atoms with Crippen LogP contribution in [0.25, 0.3) is 66.1 Å². The molecule has 1 heterocycles. The van der Waals surface area contributed by atoms with Crippen LogP contribution in [-0.2, 0) is 5.41 Å². The van der Waals surface area contributed by atoms with Crippen LogP contribution in [0.3, 0.4) is 0 Å². The smallest absolute Gasteiger partial charge is 0.159 e. The molecule has 1 aromatic heterocycles. The fourth-order valence-electron chi connectivity index (χ4n) is 9.91. The first-order valence-electron chi connectivity index (χ1n) is 19.0. The monoisotopic (exact) mass is 699 g/mol. The van der Waals surface area contributed by atoms with Crippen molar-refractivity contribution in [2.75, 3.05) is 4.90 Å². The predicted molar refractivity (Wildman–Crippen MR) is 228 cm³/mol. The molecule has 256 valence electrons. The van der Waals surface area contributed by atoms with Gasteiger partial charge in [-0.2, -0.15) is 0 Å². The number of hydrogen-bond acceptors (Lipinski definition) is 2.